The first-order valence-corrected chi connectivity index (χ1v) is 10.2. The lowest BCUT2D eigenvalue weighted by molar-refractivity contribution is 0.410. The highest BCUT2D eigenvalue weighted by Crippen LogP contribution is 2.26. The van der Waals surface area contributed by atoms with E-state index in [-0.39, 0.29) is 5.56 Å². The van der Waals surface area contributed by atoms with Gasteiger partial charge in [0, 0.05) is 24.9 Å². The highest BCUT2D eigenvalue weighted by Gasteiger charge is 2.21. The summed E-state index contributed by atoms with van der Waals surface area (Å²) in [6.07, 6.45) is 0. The fraction of sp³-hybridized carbons (Fsp3) is 0.190. The smallest absolute Gasteiger partial charge is 0.333 e. The molecule has 0 amide bonds. The van der Waals surface area contributed by atoms with Gasteiger partial charge >= 0.3 is 5.69 Å². The molecule has 2 aromatic carbocycles. The van der Waals surface area contributed by atoms with Crippen molar-refractivity contribution >= 4 is 34.1 Å². The van der Waals surface area contributed by atoms with Crippen LogP contribution in [0, 0.1) is 6.92 Å². The van der Waals surface area contributed by atoms with Crippen LogP contribution in [0.1, 0.15) is 16.7 Å². The van der Waals surface area contributed by atoms with Crippen LogP contribution in [0.2, 0.25) is 5.02 Å². The number of halogens is 1. The molecule has 0 spiro atoms. The Morgan fingerprint density at radius 3 is 2.45 bits per heavy atom. The van der Waals surface area contributed by atoms with Crippen molar-refractivity contribution < 1.29 is 5.11 Å². The maximum Gasteiger partial charge on any atom is 0.333 e. The van der Waals surface area contributed by atoms with E-state index in [1.165, 1.54) is 25.9 Å². The van der Waals surface area contributed by atoms with Gasteiger partial charge < -0.3 is 5.11 Å². The maximum atomic E-state index is 12.8. The minimum absolute atomic E-state index is 0.00457. The molecule has 0 fully saturated rings. The van der Waals surface area contributed by atoms with Gasteiger partial charge in [0.2, 0.25) is 5.88 Å². The summed E-state index contributed by atoms with van der Waals surface area (Å²) in [5, 5.41) is 11.5. The first-order chi connectivity index (χ1) is 13.8. The van der Waals surface area contributed by atoms with Gasteiger partial charge in [-0.2, -0.15) is 0 Å². The van der Waals surface area contributed by atoms with E-state index in [2.05, 4.69) is 4.99 Å². The fourth-order valence-electron chi connectivity index (χ4n) is 2.73. The summed E-state index contributed by atoms with van der Waals surface area (Å²) in [5.41, 5.74) is 1.45. The molecule has 8 heteroatoms. The maximum absolute atomic E-state index is 12.8. The van der Waals surface area contributed by atoms with E-state index >= 15 is 0 Å². The van der Waals surface area contributed by atoms with Crippen LogP contribution in [0.15, 0.2) is 63.1 Å². The second kappa shape index (κ2) is 8.71. The van der Waals surface area contributed by atoms with Gasteiger partial charge in [-0.05, 0) is 42.3 Å². The van der Waals surface area contributed by atoms with E-state index in [0.29, 0.717) is 21.5 Å². The molecule has 0 aliphatic heterocycles. The molecule has 0 aliphatic rings. The molecule has 29 heavy (non-hydrogen) atoms. The molecule has 6 nitrogen and oxygen atoms in total. The summed E-state index contributed by atoms with van der Waals surface area (Å²) in [6, 6.07) is 14.9. The van der Waals surface area contributed by atoms with E-state index in [9.17, 15) is 14.7 Å². The molecule has 0 radical (unpaired) electrons. The summed E-state index contributed by atoms with van der Waals surface area (Å²) in [7, 11) is 2.79. The minimum atomic E-state index is -0.603. The Hall–Kier alpha value is -2.77. The van der Waals surface area contributed by atoms with Gasteiger partial charge in [-0.25, -0.2) is 9.79 Å². The van der Waals surface area contributed by atoms with Crippen molar-refractivity contribution in [3.05, 3.63) is 91.1 Å². The van der Waals surface area contributed by atoms with Crippen molar-refractivity contribution in [3.8, 4) is 5.88 Å². The third kappa shape index (κ3) is 4.63. The molecule has 0 saturated heterocycles. The number of aryl methyl sites for hydroxylation is 1. The van der Waals surface area contributed by atoms with Crippen molar-refractivity contribution in [2.45, 2.75) is 12.7 Å². The van der Waals surface area contributed by atoms with Gasteiger partial charge in [0.05, 0.1) is 5.69 Å². The van der Waals surface area contributed by atoms with Crippen LogP contribution in [0.5, 0.6) is 5.88 Å². The van der Waals surface area contributed by atoms with Gasteiger partial charge in [-0.15, -0.1) is 11.8 Å². The molecule has 150 valence electrons. The summed E-state index contributed by atoms with van der Waals surface area (Å²) in [6.45, 7) is 1.95. The molecule has 0 bridgehead atoms. The Balaban J connectivity index is 2.12. The number of rotatable bonds is 4. The van der Waals surface area contributed by atoms with Gasteiger partial charge in [0.15, 0.2) is 0 Å². The summed E-state index contributed by atoms with van der Waals surface area (Å²) >= 11 is 7.25. The predicted octanol–water partition coefficient (Wildman–Crippen LogP) is 3.76. The third-order valence-corrected chi connectivity index (χ3v) is 5.67. The largest absolute Gasteiger partial charge is 0.494 e. The van der Waals surface area contributed by atoms with Gasteiger partial charge in [-0.3, -0.25) is 13.9 Å². The lowest BCUT2D eigenvalue weighted by atomic mass is 10.2. The number of hydrogen-bond acceptors (Lipinski definition) is 5. The fourth-order valence-corrected chi connectivity index (χ4v) is 3.84. The minimum Gasteiger partial charge on any atom is -0.494 e. The SMILES string of the molecule is Cc1cccc(N=C(SCc2ccc(Cl)cc2)c2c(O)n(C)c(=O)n(C)c2=O)c1. The quantitative estimate of drug-likeness (QED) is 0.506. The van der Waals surface area contributed by atoms with Crippen LogP contribution < -0.4 is 11.2 Å². The van der Waals surface area contributed by atoms with Crippen molar-refractivity contribution in [3.63, 3.8) is 0 Å². The normalized spacial score (nSPS) is 11.7. The van der Waals surface area contributed by atoms with Crippen molar-refractivity contribution in [2.75, 3.05) is 0 Å². The highest BCUT2D eigenvalue weighted by atomic mass is 35.5. The summed E-state index contributed by atoms with van der Waals surface area (Å²) < 4.78 is 2.00. The molecule has 0 saturated carbocycles. The molecule has 1 N–H and O–H groups in total. The Morgan fingerprint density at radius 1 is 1.10 bits per heavy atom. The topological polar surface area (TPSA) is 76.6 Å². The lowest BCUT2D eigenvalue weighted by Crippen LogP contribution is -2.39. The first-order valence-electron chi connectivity index (χ1n) is 8.80. The lowest BCUT2D eigenvalue weighted by Gasteiger charge is -2.12. The van der Waals surface area contributed by atoms with Crippen LogP contribution in [-0.4, -0.2) is 19.3 Å². The Morgan fingerprint density at radius 2 is 1.79 bits per heavy atom. The van der Waals surface area contributed by atoms with Gasteiger partial charge in [0.1, 0.15) is 10.6 Å². The molecule has 1 aromatic heterocycles. The van der Waals surface area contributed by atoms with Gasteiger partial charge in [0.25, 0.3) is 5.56 Å². The van der Waals surface area contributed by atoms with Crippen LogP contribution >= 0.6 is 23.4 Å². The molecule has 3 aromatic rings. The van der Waals surface area contributed by atoms with Crippen LogP contribution in [0.4, 0.5) is 5.69 Å². The van der Waals surface area contributed by atoms with Crippen molar-refractivity contribution in [1.29, 1.82) is 0 Å². The second-order valence-electron chi connectivity index (χ2n) is 6.58. The average molecular weight is 430 g/mol. The zero-order valence-electron chi connectivity index (χ0n) is 16.2. The summed E-state index contributed by atoms with van der Waals surface area (Å²) in [5.74, 6) is 0.0980. The number of aromatic nitrogens is 2. The number of aliphatic imine (C=N–C) groups is 1. The second-order valence-corrected chi connectivity index (χ2v) is 7.98. The molecule has 3 rings (SSSR count). The Kier molecular flexibility index (Phi) is 6.30. The molecule has 0 aliphatic carbocycles. The molecular formula is C21H20ClN3O3S. The summed E-state index contributed by atoms with van der Waals surface area (Å²) in [4.78, 5) is 29.5. The van der Waals surface area contributed by atoms with E-state index in [1.54, 1.807) is 12.1 Å². The monoisotopic (exact) mass is 429 g/mol. The van der Waals surface area contributed by atoms with Crippen molar-refractivity contribution in [2.24, 2.45) is 19.1 Å². The third-order valence-electron chi connectivity index (χ3n) is 4.37. The van der Waals surface area contributed by atoms with Crippen LogP contribution in [0.25, 0.3) is 0 Å². The van der Waals surface area contributed by atoms with Crippen molar-refractivity contribution in [1.82, 2.24) is 9.13 Å². The number of nitrogens with zero attached hydrogens (tertiary/aromatic N) is 3. The van der Waals surface area contributed by atoms with Crippen LogP contribution in [0.3, 0.4) is 0 Å². The Bertz CT molecular complexity index is 1200. The van der Waals surface area contributed by atoms with Crippen LogP contribution in [-0.2, 0) is 19.8 Å². The zero-order valence-corrected chi connectivity index (χ0v) is 17.8. The molecular weight excluding hydrogens is 410 g/mol. The number of benzene rings is 2. The first kappa shape index (κ1) is 21.0. The highest BCUT2D eigenvalue weighted by molar-refractivity contribution is 8.13. The molecule has 0 atom stereocenters. The zero-order chi connectivity index (χ0) is 21.1. The standard InChI is InChI=1S/C21H20ClN3O3S/c1-13-5-4-6-16(11-13)23-18(29-12-14-7-9-15(22)10-8-14)17-19(26)24(2)21(28)25(3)20(17)27/h4-11,26H,12H2,1-3H3. The molecule has 1 heterocycles. The number of hydrogen-bond donors (Lipinski definition) is 1. The number of aromatic hydroxyl groups is 1. The van der Waals surface area contributed by atoms with E-state index in [1.807, 2.05) is 43.3 Å². The van der Waals surface area contributed by atoms with E-state index in [4.69, 9.17) is 11.6 Å². The Labute approximate surface area is 177 Å². The van der Waals surface area contributed by atoms with E-state index in [0.717, 1.165) is 20.3 Å². The van der Waals surface area contributed by atoms with Gasteiger partial charge in [-0.1, -0.05) is 35.9 Å². The molecule has 0 unspecified atom stereocenters. The predicted molar refractivity (Wildman–Crippen MR) is 119 cm³/mol. The van der Waals surface area contributed by atoms with E-state index < -0.39 is 17.1 Å². The average Bonchev–Trinajstić information content (AvgIpc) is 2.70. The number of thioether (sulfide) groups is 1.